The number of aromatic nitrogens is 1. The van der Waals surface area contributed by atoms with Crippen LogP contribution in [0.1, 0.15) is 12.8 Å². The van der Waals surface area contributed by atoms with Crippen molar-refractivity contribution >= 4 is 16.1 Å². The summed E-state index contributed by atoms with van der Waals surface area (Å²) in [5, 5.41) is 8.78. The predicted octanol–water partition coefficient (Wildman–Crippen LogP) is -0.0593. The number of hydrogen-bond acceptors (Lipinski definition) is 4. The summed E-state index contributed by atoms with van der Waals surface area (Å²) >= 11 is 0. The van der Waals surface area contributed by atoms with E-state index in [-0.39, 0.29) is 5.75 Å². The van der Waals surface area contributed by atoms with Gasteiger partial charge in [-0.3, -0.25) is 4.55 Å². The van der Waals surface area contributed by atoms with E-state index in [4.69, 9.17) is 14.5 Å². The zero-order valence-corrected chi connectivity index (χ0v) is 11.6. The van der Waals surface area contributed by atoms with Crippen LogP contribution in [-0.4, -0.2) is 30.9 Å². The van der Waals surface area contributed by atoms with Gasteiger partial charge in [0.2, 0.25) is 0 Å². The van der Waals surface area contributed by atoms with E-state index in [0.717, 1.165) is 13.0 Å². The number of carbonyl (C=O) groups excluding carboxylic acids is 1. The fraction of sp³-hybridized carbons (Fsp3) is 0.455. The third-order valence-corrected chi connectivity index (χ3v) is 2.88. The Bertz CT molecular complexity index is 531. The Kier molecular flexibility index (Phi) is 7.89. The predicted molar refractivity (Wildman–Crippen MR) is 63.3 cm³/mol. The lowest BCUT2D eigenvalue weighted by atomic mass is 10.3. The number of nitrogens with zero attached hydrogens (tertiary/aromatic N) is 1. The van der Waals surface area contributed by atoms with E-state index < -0.39 is 22.3 Å². The molecule has 120 valence electrons. The summed E-state index contributed by atoms with van der Waals surface area (Å²) in [4.78, 5) is 8.78. The maximum atomic E-state index is 10.5. The number of unbranched alkanes of at least 4 members (excludes halogenated alkanes) is 1. The Labute approximate surface area is 119 Å². The quantitative estimate of drug-likeness (QED) is 0.464. The van der Waals surface area contributed by atoms with Gasteiger partial charge in [0.15, 0.2) is 12.4 Å². The molecular weight excluding hydrogens is 315 g/mol. The lowest BCUT2D eigenvalue weighted by molar-refractivity contribution is -0.697. The topological polar surface area (TPSA) is 98.4 Å². The molecule has 0 aromatic carbocycles. The van der Waals surface area contributed by atoms with Crippen LogP contribution in [-0.2, 0) is 21.5 Å². The van der Waals surface area contributed by atoms with Gasteiger partial charge in [0.05, 0.1) is 5.75 Å². The molecule has 0 amide bonds. The van der Waals surface area contributed by atoms with Gasteiger partial charge in [-0.15, -0.1) is 0 Å². The first kappa shape index (κ1) is 19.3. The fourth-order valence-electron chi connectivity index (χ4n) is 1.16. The molecular formula is C11H14F3NO5S. The first-order valence-electron chi connectivity index (χ1n) is 5.70. The van der Waals surface area contributed by atoms with E-state index in [1.54, 1.807) is 0 Å². The van der Waals surface area contributed by atoms with Crippen molar-refractivity contribution in [2.24, 2.45) is 0 Å². The molecule has 0 aliphatic heterocycles. The summed E-state index contributed by atoms with van der Waals surface area (Å²) in [5.41, 5.74) is 0. The zero-order chi connectivity index (χ0) is 16.5. The van der Waals surface area contributed by atoms with E-state index in [2.05, 4.69) is 0 Å². The molecule has 0 radical (unpaired) electrons. The largest absolute Gasteiger partial charge is 0.542 e. The second-order valence-corrected chi connectivity index (χ2v) is 5.46. The van der Waals surface area contributed by atoms with E-state index >= 15 is 0 Å². The van der Waals surface area contributed by atoms with Gasteiger partial charge in [0, 0.05) is 18.6 Å². The molecule has 0 aliphatic rings. The third kappa shape index (κ3) is 11.8. The highest BCUT2D eigenvalue weighted by atomic mass is 32.2. The van der Waals surface area contributed by atoms with Gasteiger partial charge in [-0.05, 0) is 6.42 Å². The molecule has 0 aliphatic carbocycles. The first-order chi connectivity index (χ1) is 9.52. The van der Waals surface area contributed by atoms with Crippen LogP contribution in [0.5, 0.6) is 0 Å². The molecule has 0 spiro atoms. The van der Waals surface area contributed by atoms with Gasteiger partial charge in [-0.1, -0.05) is 6.07 Å². The van der Waals surface area contributed by atoms with Gasteiger partial charge in [0.1, 0.15) is 12.5 Å². The number of hydrogen-bond donors (Lipinski definition) is 1. The second kappa shape index (κ2) is 8.57. The Morgan fingerprint density at radius 1 is 1.14 bits per heavy atom. The molecule has 0 saturated heterocycles. The summed E-state index contributed by atoms with van der Waals surface area (Å²) in [7, 11) is -3.79. The fourth-order valence-corrected chi connectivity index (χ4v) is 1.73. The number of carbonyl (C=O) groups is 1. The number of halogens is 3. The monoisotopic (exact) mass is 329 g/mol. The molecule has 0 atom stereocenters. The summed E-state index contributed by atoms with van der Waals surface area (Å²) in [6, 6.07) is 5.76. The number of alkyl halides is 3. The molecule has 1 N–H and O–H groups in total. The number of carboxylic acids is 1. The van der Waals surface area contributed by atoms with E-state index in [9.17, 15) is 21.6 Å². The highest BCUT2D eigenvalue weighted by molar-refractivity contribution is 7.85. The normalized spacial score (nSPS) is 11.4. The van der Waals surface area contributed by atoms with Crippen LogP contribution in [0.4, 0.5) is 13.2 Å². The van der Waals surface area contributed by atoms with Crippen LogP contribution < -0.4 is 9.67 Å². The lowest BCUT2D eigenvalue weighted by Gasteiger charge is -2.03. The van der Waals surface area contributed by atoms with Crippen molar-refractivity contribution in [2.75, 3.05) is 5.75 Å². The second-order valence-electron chi connectivity index (χ2n) is 3.89. The number of aliphatic carboxylic acids is 1. The smallest absolute Gasteiger partial charge is 0.430 e. The lowest BCUT2D eigenvalue weighted by Crippen LogP contribution is -2.37. The van der Waals surface area contributed by atoms with Gasteiger partial charge >= 0.3 is 6.18 Å². The minimum atomic E-state index is -5.19. The maximum absolute atomic E-state index is 10.5. The molecule has 0 bridgehead atoms. The SMILES string of the molecule is O=C([O-])C(F)(F)F.O=S(=O)(O)CCCC[n+]1ccccc1. The number of carboxylic acid groups (broad SMARTS) is 1. The van der Waals surface area contributed by atoms with Gasteiger partial charge in [-0.2, -0.15) is 21.6 Å². The minimum absolute atomic E-state index is 0.152. The number of aryl methyl sites for hydroxylation is 1. The van der Waals surface area contributed by atoms with Crippen molar-refractivity contribution in [3.8, 4) is 0 Å². The highest BCUT2D eigenvalue weighted by Gasteiger charge is 2.28. The molecule has 10 heteroatoms. The molecule has 0 fully saturated rings. The van der Waals surface area contributed by atoms with Crippen LogP contribution >= 0.6 is 0 Å². The van der Waals surface area contributed by atoms with E-state index in [1.807, 2.05) is 35.2 Å². The summed E-state index contributed by atoms with van der Waals surface area (Å²) in [6.45, 7) is 0.774. The van der Waals surface area contributed by atoms with Crippen molar-refractivity contribution in [1.82, 2.24) is 0 Å². The Morgan fingerprint density at radius 3 is 2.00 bits per heavy atom. The average molecular weight is 329 g/mol. The summed E-state index contributed by atoms with van der Waals surface area (Å²) in [6.07, 6.45) is -0.115. The first-order valence-corrected chi connectivity index (χ1v) is 7.30. The van der Waals surface area contributed by atoms with Crippen LogP contribution in [0.15, 0.2) is 30.6 Å². The molecule has 1 aromatic heterocycles. The highest BCUT2D eigenvalue weighted by Crippen LogP contribution is 2.11. The molecule has 1 rings (SSSR count). The molecule has 1 heterocycles. The summed E-state index contributed by atoms with van der Waals surface area (Å²) < 4.78 is 62.8. The average Bonchev–Trinajstić information content (AvgIpc) is 2.34. The van der Waals surface area contributed by atoms with Crippen molar-refractivity contribution in [3.63, 3.8) is 0 Å². The standard InChI is InChI=1S/C9H13NO3S.C2HF3O2/c11-14(12,13)9-5-4-8-10-6-2-1-3-7-10;3-2(4,5)1(6)7/h1-3,6-7H,4-5,8-9H2;(H,6,7). The molecule has 0 unspecified atom stereocenters. The van der Waals surface area contributed by atoms with Gasteiger partial charge in [0.25, 0.3) is 10.1 Å². The van der Waals surface area contributed by atoms with Crippen molar-refractivity contribution in [1.29, 1.82) is 0 Å². The van der Waals surface area contributed by atoms with Crippen molar-refractivity contribution in [3.05, 3.63) is 30.6 Å². The third-order valence-electron chi connectivity index (χ3n) is 2.08. The van der Waals surface area contributed by atoms with Crippen LogP contribution in [0.2, 0.25) is 0 Å². The van der Waals surface area contributed by atoms with Gasteiger partial charge in [-0.25, -0.2) is 4.57 Å². The Hall–Kier alpha value is -1.68. The van der Waals surface area contributed by atoms with Crippen molar-refractivity contribution in [2.45, 2.75) is 25.6 Å². The minimum Gasteiger partial charge on any atom is -0.542 e. The van der Waals surface area contributed by atoms with Crippen LogP contribution in [0.3, 0.4) is 0 Å². The van der Waals surface area contributed by atoms with Crippen LogP contribution in [0.25, 0.3) is 0 Å². The van der Waals surface area contributed by atoms with Gasteiger partial charge < -0.3 is 9.90 Å². The molecule has 1 aromatic rings. The Balaban J connectivity index is 0.000000486. The van der Waals surface area contributed by atoms with Crippen LogP contribution in [0, 0.1) is 0 Å². The Morgan fingerprint density at radius 2 is 1.62 bits per heavy atom. The van der Waals surface area contributed by atoms with E-state index in [1.165, 1.54) is 0 Å². The summed E-state index contributed by atoms with van der Waals surface area (Å²) in [5.74, 6) is -3.16. The number of rotatable bonds is 5. The van der Waals surface area contributed by atoms with E-state index in [0.29, 0.717) is 6.42 Å². The maximum Gasteiger partial charge on any atom is 0.430 e. The molecule has 0 saturated carbocycles. The molecule has 6 nitrogen and oxygen atoms in total. The molecule has 21 heavy (non-hydrogen) atoms. The number of pyridine rings is 1. The van der Waals surface area contributed by atoms with Crippen molar-refractivity contribution < 1.29 is 40.6 Å². The zero-order valence-electron chi connectivity index (χ0n) is 10.8.